The first-order chi connectivity index (χ1) is 7.74. The molecule has 0 amide bonds. The van der Waals surface area contributed by atoms with Crippen LogP contribution in [0.1, 0.15) is 65.7 Å². The fourth-order valence-electron chi connectivity index (χ4n) is 1.54. The second-order valence-electron chi connectivity index (χ2n) is 4.08. The van der Waals surface area contributed by atoms with Gasteiger partial charge in [0.25, 0.3) is 0 Å². The molecule has 0 saturated carbocycles. The summed E-state index contributed by atoms with van der Waals surface area (Å²) in [5.41, 5.74) is 0. The average molecular weight is 226 g/mol. The van der Waals surface area contributed by atoms with Crippen LogP contribution >= 0.6 is 0 Å². The Labute approximate surface area is 100 Å². The Morgan fingerprint density at radius 1 is 1.25 bits per heavy atom. The van der Waals surface area contributed by atoms with Gasteiger partial charge in [-0.3, -0.25) is 4.79 Å². The summed E-state index contributed by atoms with van der Waals surface area (Å²) >= 11 is 0. The van der Waals surface area contributed by atoms with E-state index in [1.807, 2.05) is 6.92 Å². The first-order valence-electron chi connectivity index (χ1n) is 6.59. The third-order valence-electron chi connectivity index (χ3n) is 2.51. The highest BCUT2D eigenvalue weighted by molar-refractivity contribution is 5.69. The summed E-state index contributed by atoms with van der Waals surface area (Å²) in [6, 6.07) is 0. The molecular weight excluding hydrogens is 200 g/mol. The van der Waals surface area contributed by atoms with Crippen molar-refractivity contribution in [2.75, 3.05) is 0 Å². The molecule has 0 N–H and O–H groups in total. The Morgan fingerprint density at radius 2 is 2.00 bits per heavy atom. The van der Waals surface area contributed by atoms with Gasteiger partial charge in [0.2, 0.25) is 0 Å². The standard InChI is InChI=1S/C14H26O2/c1-4-7-8-9-10-12-13(6-3)16-14(15)11-5-2/h7-8,13H,4-6,9-12H2,1-3H3. The van der Waals surface area contributed by atoms with Gasteiger partial charge in [0.15, 0.2) is 0 Å². The number of hydrogen-bond donors (Lipinski definition) is 0. The number of rotatable bonds is 9. The molecule has 1 unspecified atom stereocenters. The zero-order chi connectivity index (χ0) is 12.2. The molecule has 0 aromatic carbocycles. The summed E-state index contributed by atoms with van der Waals surface area (Å²) in [6.07, 6.45) is 11.1. The van der Waals surface area contributed by atoms with Crippen LogP contribution in [0.5, 0.6) is 0 Å². The number of hydrogen-bond acceptors (Lipinski definition) is 2. The third kappa shape index (κ3) is 8.51. The van der Waals surface area contributed by atoms with Crippen molar-refractivity contribution < 1.29 is 9.53 Å². The number of unbranched alkanes of at least 4 members (excludes halogenated alkanes) is 1. The molecule has 2 nitrogen and oxygen atoms in total. The minimum Gasteiger partial charge on any atom is -0.462 e. The van der Waals surface area contributed by atoms with Crippen LogP contribution in [0, 0.1) is 0 Å². The summed E-state index contributed by atoms with van der Waals surface area (Å²) in [4.78, 5) is 11.3. The van der Waals surface area contributed by atoms with Crippen LogP contribution in [0.15, 0.2) is 12.2 Å². The number of allylic oxidation sites excluding steroid dienone is 2. The fraction of sp³-hybridized carbons (Fsp3) is 0.786. The summed E-state index contributed by atoms with van der Waals surface area (Å²) in [6.45, 7) is 6.21. The smallest absolute Gasteiger partial charge is 0.306 e. The van der Waals surface area contributed by atoms with Crippen molar-refractivity contribution in [1.82, 2.24) is 0 Å². The molecular formula is C14H26O2. The minimum absolute atomic E-state index is 0.0431. The molecule has 0 spiro atoms. The Bertz CT molecular complexity index is 197. The lowest BCUT2D eigenvalue weighted by atomic mass is 10.1. The zero-order valence-corrected chi connectivity index (χ0v) is 11.0. The first-order valence-corrected chi connectivity index (χ1v) is 6.59. The van der Waals surface area contributed by atoms with E-state index in [1.54, 1.807) is 0 Å². The maximum absolute atomic E-state index is 11.3. The van der Waals surface area contributed by atoms with E-state index < -0.39 is 0 Å². The van der Waals surface area contributed by atoms with Crippen molar-refractivity contribution in [2.24, 2.45) is 0 Å². The predicted octanol–water partition coefficient (Wildman–Crippen LogP) is 4.24. The molecule has 0 aliphatic heterocycles. The van der Waals surface area contributed by atoms with Crippen LogP contribution in [0.25, 0.3) is 0 Å². The Hall–Kier alpha value is -0.790. The van der Waals surface area contributed by atoms with Crippen molar-refractivity contribution in [3.05, 3.63) is 12.2 Å². The maximum Gasteiger partial charge on any atom is 0.306 e. The average Bonchev–Trinajstić information content (AvgIpc) is 2.27. The molecule has 16 heavy (non-hydrogen) atoms. The van der Waals surface area contributed by atoms with Crippen molar-refractivity contribution in [1.29, 1.82) is 0 Å². The van der Waals surface area contributed by atoms with Crippen LogP contribution in [0.3, 0.4) is 0 Å². The maximum atomic E-state index is 11.3. The van der Waals surface area contributed by atoms with Crippen LogP contribution < -0.4 is 0 Å². The second-order valence-corrected chi connectivity index (χ2v) is 4.08. The van der Waals surface area contributed by atoms with Gasteiger partial charge < -0.3 is 4.74 Å². The highest BCUT2D eigenvalue weighted by atomic mass is 16.5. The van der Waals surface area contributed by atoms with Gasteiger partial charge in [-0.1, -0.05) is 32.9 Å². The molecule has 0 aromatic heterocycles. The van der Waals surface area contributed by atoms with Gasteiger partial charge >= 0.3 is 5.97 Å². The summed E-state index contributed by atoms with van der Waals surface area (Å²) in [5.74, 6) is -0.0431. The number of esters is 1. The predicted molar refractivity (Wildman–Crippen MR) is 68.4 cm³/mol. The van der Waals surface area contributed by atoms with Gasteiger partial charge in [-0.05, 0) is 38.5 Å². The summed E-state index contributed by atoms with van der Waals surface area (Å²) in [7, 11) is 0. The Kier molecular flexibility index (Phi) is 10.2. The largest absolute Gasteiger partial charge is 0.462 e. The number of carbonyl (C=O) groups is 1. The zero-order valence-electron chi connectivity index (χ0n) is 11.0. The molecule has 0 radical (unpaired) electrons. The van der Waals surface area contributed by atoms with Gasteiger partial charge in [0.1, 0.15) is 6.10 Å². The molecule has 0 aliphatic rings. The molecule has 0 rings (SSSR count). The molecule has 0 bridgehead atoms. The van der Waals surface area contributed by atoms with Crippen molar-refractivity contribution >= 4 is 5.97 Å². The van der Waals surface area contributed by atoms with Crippen molar-refractivity contribution in [3.8, 4) is 0 Å². The Morgan fingerprint density at radius 3 is 2.56 bits per heavy atom. The summed E-state index contributed by atoms with van der Waals surface area (Å²) in [5, 5.41) is 0. The highest BCUT2D eigenvalue weighted by Crippen LogP contribution is 2.10. The molecule has 0 saturated heterocycles. The highest BCUT2D eigenvalue weighted by Gasteiger charge is 2.10. The van der Waals surface area contributed by atoms with Crippen LogP contribution in [-0.2, 0) is 9.53 Å². The monoisotopic (exact) mass is 226 g/mol. The van der Waals surface area contributed by atoms with Crippen LogP contribution in [0.4, 0.5) is 0 Å². The van der Waals surface area contributed by atoms with E-state index in [-0.39, 0.29) is 12.1 Å². The SMILES string of the molecule is CCC=CCCCC(CC)OC(=O)CCC. The van der Waals surface area contributed by atoms with E-state index in [2.05, 4.69) is 26.0 Å². The second kappa shape index (κ2) is 10.7. The van der Waals surface area contributed by atoms with Gasteiger partial charge in [-0.2, -0.15) is 0 Å². The number of carbonyl (C=O) groups excluding carboxylic acids is 1. The molecule has 0 aromatic rings. The topological polar surface area (TPSA) is 26.3 Å². The van der Waals surface area contributed by atoms with Gasteiger partial charge in [0.05, 0.1) is 0 Å². The van der Waals surface area contributed by atoms with E-state index in [0.717, 1.165) is 38.5 Å². The van der Waals surface area contributed by atoms with Crippen LogP contribution in [-0.4, -0.2) is 12.1 Å². The van der Waals surface area contributed by atoms with E-state index >= 15 is 0 Å². The molecule has 2 heteroatoms. The molecule has 0 fully saturated rings. The van der Waals surface area contributed by atoms with E-state index in [4.69, 9.17) is 4.74 Å². The van der Waals surface area contributed by atoms with Gasteiger partial charge in [-0.15, -0.1) is 0 Å². The Balaban J connectivity index is 3.66. The van der Waals surface area contributed by atoms with Crippen molar-refractivity contribution in [2.45, 2.75) is 71.8 Å². The fourth-order valence-corrected chi connectivity index (χ4v) is 1.54. The summed E-state index contributed by atoms with van der Waals surface area (Å²) < 4.78 is 5.38. The normalized spacial score (nSPS) is 12.9. The van der Waals surface area contributed by atoms with Gasteiger partial charge in [-0.25, -0.2) is 0 Å². The molecule has 1 atom stereocenters. The quantitative estimate of drug-likeness (QED) is 0.334. The van der Waals surface area contributed by atoms with E-state index in [0.29, 0.717) is 6.42 Å². The van der Waals surface area contributed by atoms with Gasteiger partial charge in [0, 0.05) is 6.42 Å². The lowest BCUT2D eigenvalue weighted by Crippen LogP contribution is -2.17. The molecule has 0 heterocycles. The molecule has 0 aliphatic carbocycles. The molecule has 94 valence electrons. The first kappa shape index (κ1) is 15.2. The number of ether oxygens (including phenoxy) is 1. The van der Waals surface area contributed by atoms with E-state index in [1.165, 1.54) is 0 Å². The van der Waals surface area contributed by atoms with Crippen LogP contribution in [0.2, 0.25) is 0 Å². The lowest BCUT2D eigenvalue weighted by Gasteiger charge is -2.15. The third-order valence-corrected chi connectivity index (χ3v) is 2.51. The minimum atomic E-state index is -0.0431. The lowest BCUT2D eigenvalue weighted by molar-refractivity contribution is -0.149. The van der Waals surface area contributed by atoms with Crippen molar-refractivity contribution in [3.63, 3.8) is 0 Å². The van der Waals surface area contributed by atoms with E-state index in [9.17, 15) is 4.79 Å².